The highest BCUT2D eigenvalue weighted by atomic mass is 32.1. The first-order chi connectivity index (χ1) is 14.1. The van der Waals surface area contributed by atoms with Gasteiger partial charge in [-0.3, -0.25) is 14.6 Å². The number of carbonyl (C=O) groups is 1. The second-order valence-electron chi connectivity index (χ2n) is 6.45. The number of benzene rings is 1. The maximum Gasteiger partial charge on any atom is 0.244 e. The van der Waals surface area contributed by atoms with Gasteiger partial charge in [-0.05, 0) is 37.3 Å². The molecule has 0 saturated carbocycles. The number of aryl methyl sites for hydroxylation is 1. The zero-order valence-electron chi connectivity index (χ0n) is 15.6. The number of hydrogen-bond donors (Lipinski definition) is 1. The molecule has 29 heavy (non-hydrogen) atoms. The van der Waals surface area contributed by atoms with Crippen LogP contribution in [0.25, 0.3) is 27.6 Å². The van der Waals surface area contributed by atoms with Gasteiger partial charge >= 0.3 is 0 Å². The van der Waals surface area contributed by atoms with Gasteiger partial charge in [-0.1, -0.05) is 11.6 Å². The Hall–Kier alpha value is -3.58. The smallest absolute Gasteiger partial charge is 0.244 e. The maximum absolute atomic E-state index is 12.6. The molecule has 3 aromatic heterocycles. The van der Waals surface area contributed by atoms with Gasteiger partial charge in [-0.2, -0.15) is 0 Å². The third kappa shape index (κ3) is 4.30. The lowest BCUT2D eigenvalue weighted by Crippen LogP contribution is -2.20. The van der Waals surface area contributed by atoms with E-state index in [0.717, 1.165) is 21.8 Å². The van der Waals surface area contributed by atoms with Crippen molar-refractivity contribution >= 4 is 34.3 Å². The quantitative estimate of drug-likeness (QED) is 0.510. The average Bonchev–Trinajstić information content (AvgIpc) is 3.22. The maximum atomic E-state index is 12.6. The lowest BCUT2D eigenvalue weighted by molar-refractivity contribution is -0.116. The molecule has 0 radical (unpaired) electrons. The van der Waals surface area contributed by atoms with Crippen LogP contribution in [0.3, 0.4) is 0 Å². The summed E-state index contributed by atoms with van der Waals surface area (Å²) < 4.78 is 5.49. The third-order valence-electron chi connectivity index (χ3n) is 4.29. The number of rotatable bonds is 5. The predicted molar refractivity (Wildman–Crippen MR) is 113 cm³/mol. The van der Waals surface area contributed by atoms with Crippen molar-refractivity contribution in [1.82, 2.24) is 15.3 Å². The zero-order chi connectivity index (χ0) is 20.2. The number of nitrogens with one attached hydrogen (secondary N) is 1. The van der Waals surface area contributed by atoms with Crippen LogP contribution in [-0.2, 0) is 11.3 Å². The van der Waals surface area contributed by atoms with Crippen LogP contribution in [0.4, 0.5) is 0 Å². The Bertz CT molecular complexity index is 1260. The first-order valence-electron chi connectivity index (χ1n) is 8.93. The number of thiazole rings is 1. The van der Waals surface area contributed by atoms with Gasteiger partial charge in [0.2, 0.25) is 5.91 Å². The van der Waals surface area contributed by atoms with Crippen LogP contribution < -0.4 is 10.7 Å². The van der Waals surface area contributed by atoms with Crippen LogP contribution in [0.2, 0.25) is 0 Å². The highest BCUT2D eigenvalue weighted by molar-refractivity contribution is 7.13. The monoisotopic (exact) mass is 403 g/mol. The lowest BCUT2D eigenvalue weighted by atomic mass is 10.1. The molecule has 1 amide bonds. The van der Waals surface area contributed by atoms with E-state index >= 15 is 0 Å². The third-order valence-corrected chi connectivity index (χ3v) is 5.23. The molecule has 3 heterocycles. The van der Waals surface area contributed by atoms with Gasteiger partial charge < -0.3 is 9.73 Å². The van der Waals surface area contributed by atoms with Gasteiger partial charge in [0.25, 0.3) is 0 Å². The molecule has 1 N–H and O–H groups in total. The van der Waals surface area contributed by atoms with Crippen molar-refractivity contribution in [3.8, 4) is 10.6 Å². The van der Waals surface area contributed by atoms with E-state index in [9.17, 15) is 9.59 Å². The van der Waals surface area contributed by atoms with Crippen LogP contribution in [0.1, 0.15) is 16.8 Å². The molecule has 1 aromatic carbocycles. The summed E-state index contributed by atoms with van der Waals surface area (Å²) in [7, 11) is 0. The van der Waals surface area contributed by atoms with Crippen molar-refractivity contribution in [3.63, 3.8) is 0 Å². The number of fused-ring (bicyclic) bond motifs is 1. The molecular formula is C22H17N3O3S. The summed E-state index contributed by atoms with van der Waals surface area (Å²) in [5.74, 6) is -0.313. The van der Waals surface area contributed by atoms with Crippen LogP contribution in [0.15, 0.2) is 69.7 Å². The Morgan fingerprint density at radius 3 is 2.90 bits per heavy atom. The predicted octanol–water partition coefficient (Wildman–Crippen LogP) is 3.95. The molecule has 0 unspecified atom stereocenters. The molecule has 7 heteroatoms. The van der Waals surface area contributed by atoms with Gasteiger partial charge in [0.1, 0.15) is 16.9 Å². The fraction of sp³-hybridized carbons (Fsp3) is 0.0909. The molecule has 144 valence electrons. The lowest BCUT2D eigenvalue weighted by Gasteiger charge is -2.01. The summed E-state index contributed by atoms with van der Waals surface area (Å²) >= 11 is 1.51. The SMILES string of the molecule is Cc1ccc2occ(/C=C/C(=O)NCc3csc(-c4ccncc4)n3)c(=O)c2c1. The van der Waals surface area contributed by atoms with Crippen LogP contribution >= 0.6 is 11.3 Å². The molecule has 4 aromatic rings. The number of aromatic nitrogens is 2. The fourth-order valence-electron chi connectivity index (χ4n) is 2.79. The molecule has 0 saturated heterocycles. The Morgan fingerprint density at radius 1 is 1.24 bits per heavy atom. The first kappa shape index (κ1) is 18.8. The number of hydrogen-bond acceptors (Lipinski definition) is 6. The van der Waals surface area contributed by atoms with E-state index in [1.54, 1.807) is 24.5 Å². The van der Waals surface area contributed by atoms with Gasteiger partial charge in [0.15, 0.2) is 5.43 Å². The minimum Gasteiger partial charge on any atom is -0.463 e. The van der Waals surface area contributed by atoms with E-state index in [-0.39, 0.29) is 11.3 Å². The molecule has 6 nitrogen and oxygen atoms in total. The van der Waals surface area contributed by atoms with E-state index in [1.807, 2.05) is 30.5 Å². The van der Waals surface area contributed by atoms with E-state index < -0.39 is 0 Å². The molecule has 0 spiro atoms. The Kier molecular flexibility index (Phi) is 5.31. The molecule has 0 aliphatic heterocycles. The molecular weight excluding hydrogens is 386 g/mol. The van der Waals surface area contributed by atoms with Crippen LogP contribution in [0.5, 0.6) is 0 Å². The van der Waals surface area contributed by atoms with Crippen molar-refractivity contribution in [2.75, 3.05) is 0 Å². The van der Waals surface area contributed by atoms with Crippen molar-refractivity contribution < 1.29 is 9.21 Å². The van der Waals surface area contributed by atoms with E-state index in [1.165, 1.54) is 29.8 Å². The average molecular weight is 403 g/mol. The topological polar surface area (TPSA) is 85.1 Å². The van der Waals surface area contributed by atoms with Gasteiger partial charge in [0, 0.05) is 29.4 Å². The molecule has 0 aliphatic carbocycles. The van der Waals surface area contributed by atoms with E-state index in [4.69, 9.17) is 4.42 Å². The Morgan fingerprint density at radius 2 is 2.07 bits per heavy atom. The van der Waals surface area contributed by atoms with E-state index in [0.29, 0.717) is 23.1 Å². The Balaban J connectivity index is 1.42. The zero-order valence-corrected chi connectivity index (χ0v) is 16.4. The highest BCUT2D eigenvalue weighted by Gasteiger charge is 2.07. The molecule has 0 atom stereocenters. The number of carbonyl (C=O) groups excluding carboxylic acids is 1. The van der Waals surface area contributed by atoms with Gasteiger partial charge in [-0.15, -0.1) is 11.3 Å². The van der Waals surface area contributed by atoms with Crippen molar-refractivity contribution in [1.29, 1.82) is 0 Å². The summed E-state index contributed by atoms with van der Waals surface area (Å²) in [4.78, 5) is 33.2. The number of pyridine rings is 1. The summed E-state index contributed by atoms with van der Waals surface area (Å²) in [5, 5.41) is 6.05. The standard InChI is InChI=1S/C22H17N3O3S/c1-14-2-4-19-18(10-14)21(27)16(12-28-19)3-5-20(26)24-11-17-13-29-22(25-17)15-6-8-23-9-7-15/h2-10,12-13H,11H2,1H3,(H,24,26)/b5-3+. The van der Waals surface area contributed by atoms with Crippen molar-refractivity contribution in [2.24, 2.45) is 0 Å². The minimum absolute atomic E-state index is 0.166. The second-order valence-corrected chi connectivity index (χ2v) is 7.31. The highest BCUT2D eigenvalue weighted by Crippen LogP contribution is 2.22. The van der Waals surface area contributed by atoms with Gasteiger partial charge in [-0.25, -0.2) is 4.98 Å². The summed E-state index contributed by atoms with van der Waals surface area (Å²) in [6.07, 6.45) is 7.59. The van der Waals surface area contributed by atoms with Crippen LogP contribution in [-0.4, -0.2) is 15.9 Å². The minimum atomic E-state index is -0.313. The normalized spacial score (nSPS) is 11.2. The van der Waals surface area contributed by atoms with Gasteiger partial charge in [0.05, 0.1) is 23.2 Å². The summed E-state index contributed by atoms with van der Waals surface area (Å²) in [6, 6.07) is 9.20. The number of nitrogens with zero attached hydrogens (tertiary/aromatic N) is 2. The number of amides is 1. The van der Waals surface area contributed by atoms with Crippen molar-refractivity contribution in [3.05, 3.63) is 87.5 Å². The molecule has 0 bridgehead atoms. The summed E-state index contributed by atoms with van der Waals surface area (Å²) in [6.45, 7) is 2.21. The molecule has 0 fully saturated rings. The second kappa shape index (κ2) is 8.20. The van der Waals surface area contributed by atoms with E-state index in [2.05, 4.69) is 15.3 Å². The fourth-order valence-corrected chi connectivity index (χ4v) is 3.62. The molecule has 4 rings (SSSR count). The first-order valence-corrected chi connectivity index (χ1v) is 9.81. The largest absolute Gasteiger partial charge is 0.463 e. The summed E-state index contributed by atoms with van der Waals surface area (Å²) in [5.41, 5.74) is 3.41. The van der Waals surface area contributed by atoms with Crippen molar-refractivity contribution in [2.45, 2.75) is 13.5 Å². The Labute approximate surface area is 170 Å². The van der Waals surface area contributed by atoms with Crippen LogP contribution in [0, 0.1) is 6.92 Å². The molecule has 0 aliphatic rings.